The number of hydrogen-bond acceptors (Lipinski definition) is 3. The summed E-state index contributed by atoms with van der Waals surface area (Å²) in [6.45, 7) is 0. The molecule has 20 heavy (non-hydrogen) atoms. The highest BCUT2D eigenvalue weighted by molar-refractivity contribution is 6.30. The number of ether oxygens (including phenoxy) is 1. The lowest BCUT2D eigenvalue weighted by atomic mass is 9.83. The van der Waals surface area contributed by atoms with E-state index < -0.39 is 6.10 Å². The molecule has 1 aromatic rings. The van der Waals surface area contributed by atoms with Crippen LogP contribution in [0.4, 0.5) is 0 Å². The lowest BCUT2D eigenvalue weighted by molar-refractivity contribution is 0.0343. The van der Waals surface area contributed by atoms with Crippen LogP contribution in [0.25, 0.3) is 0 Å². The maximum Gasteiger partial charge on any atom is 0.124 e. The second-order valence-electron chi connectivity index (χ2n) is 6.11. The largest absolute Gasteiger partial charge is 0.496 e. The van der Waals surface area contributed by atoms with Crippen LogP contribution < -0.4 is 4.74 Å². The van der Waals surface area contributed by atoms with Crippen molar-refractivity contribution < 1.29 is 9.84 Å². The van der Waals surface area contributed by atoms with Crippen molar-refractivity contribution in [3.05, 3.63) is 28.8 Å². The minimum Gasteiger partial charge on any atom is -0.496 e. The Hall–Kier alpha value is -0.770. The zero-order valence-corrected chi connectivity index (χ0v) is 12.8. The number of halogens is 1. The molecule has 0 aromatic heterocycles. The van der Waals surface area contributed by atoms with Gasteiger partial charge >= 0.3 is 0 Å². The fourth-order valence-electron chi connectivity index (χ4n) is 3.90. The Bertz CT molecular complexity index is 479. The van der Waals surface area contributed by atoms with E-state index in [0.29, 0.717) is 23.0 Å². The molecule has 0 radical (unpaired) electrons. The fraction of sp³-hybridized carbons (Fsp3) is 0.625. The van der Waals surface area contributed by atoms with E-state index in [1.807, 2.05) is 12.1 Å². The van der Waals surface area contributed by atoms with Crippen LogP contribution in [0.2, 0.25) is 5.02 Å². The number of aliphatic hydroxyl groups is 1. The van der Waals surface area contributed by atoms with E-state index in [4.69, 9.17) is 16.3 Å². The second-order valence-corrected chi connectivity index (χ2v) is 6.55. The number of methoxy groups -OCH3 is 1. The summed E-state index contributed by atoms with van der Waals surface area (Å²) in [5, 5.41) is 11.4. The van der Waals surface area contributed by atoms with E-state index in [0.717, 1.165) is 24.2 Å². The molecule has 3 rings (SSSR count). The van der Waals surface area contributed by atoms with Crippen LogP contribution in [-0.2, 0) is 0 Å². The topological polar surface area (TPSA) is 32.7 Å². The number of piperidine rings is 1. The minimum atomic E-state index is -0.486. The second kappa shape index (κ2) is 5.55. The highest BCUT2D eigenvalue weighted by Gasteiger charge is 2.41. The summed E-state index contributed by atoms with van der Waals surface area (Å²) in [6, 6.07) is 6.72. The van der Waals surface area contributed by atoms with Crippen molar-refractivity contribution in [1.29, 1.82) is 0 Å². The Morgan fingerprint density at radius 2 is 1.95 bits per heavy atom. The molecule has 0 spiro atoms. The highest BCUT2D eigenvalue weighted by atomic mass is 35.5. The van der Waals surface area contributed by atoms with Gasteiger partial charge in [0.05, 0.1) is 13.2 Å². The van der Waals surface area contributed by atoms with Gasteiger partial charge in [0.25, 0.3) is 0 Å². The van der Waals surface area contributed by atoms with Gasteiger partial charge in [-0.25, -0.2) is 0 Å². The first kappa shape index (κ1) is 14.2. The van der Waals surface area contributed by atoms with Gasteiger partial charge in [-0.2, -0.15) is 0 Å². The first-order chi connectivity index (χ1) is 9.60. The van der Waals surface area contributed by atoms with Crippen LogP contribution in [0.5, 0.6) is 5.75 Å². The Morgan fingerprint density at radius 1 is 1.30 bits per heavy atom. The van der Waals surface area contributed by atoms with Crippen molar-refractivity contribution >= 4 is 11.6 Å². The molecule has 3 nitrogen and oxygen atoms in total. The summed E-state index contributed by atoms with van der Waals surface area (Å²) in [7, 11) is 3.85. The van der Waals surface area contributed by atoms with Gasteiger partial charge in [0, 0.05) is 22.7 Å². The lowest BCUT2D eigenvalue weighted by Crippen LogP contribution is -2.41. The summed E-state index contributed by atoms with van der Waals surface area (Å²) in [5.74, 6) is 1.03. The predicted octanol–water partition coefficient (Wildman–Crippen LogP) is 3.25. The van der Waals surface area contributed by atoms with Crippen molar-refractivity contribution in [2.45, 2.75) is 43.9 Å². The standard InChI is InChI=1S/C16H22ClNO2/c1-18-12-4-5-13(18)8-10(7-12)16(19)14-9-11(17)3-6-15(14)20-2/h3,6,9-10,12-13,16,19H,4-5,7-8H2,1-2H3. The fourth-order valence-corrected chi connectivity index (χ4v) is 4.08. The number of nitrogens with zero attached hydrogens (tertiary/aromatic N) is 1. The van der Waals surface area contributed by atoms with Gasteiger partial charge < -0.3 is 14.7 Å². The van der Waals surface area contributed by atoms with Gasteiger partial charge in [0.1, 0.15) is 5.75 Å². The molecule has 1 N–H and O–H groups in total. The van der Waals surface area contributed by atoms with E-state index in [1.54, 1.807) is 13.2 Å². The van der Waals surface area contributed by atoms with Crippen molar-refractivity contribution in [3.8, 4) is 5.75 Å². The van der Waals surface area contributed by atoms with Gasteiger partial charge in [0.15, 0.2) is 0 Å². The average Bonchev–Trinajstić information content (AvgIpc) is 2.68. The van der Waals surface area contributed by atoms with Crippen LogP contribution in [0.1, 0.15) is 37.4 Å². The molecular weight excluding hydrogens is 274 g/mol. The average molecular weight is 296 g/mol. The highest BCUT2D eigenvalue weighted by Crippen LogP contribution is 2.44. The zero-order valence-electron chi connectivity index (χ0n) is 12.1. The van der Waals surface area contributed by atoms with E-state index in [1.165, 1.54) is 12.8 Å². The van der Waals surface area contributed by atoms with Crippen LogP contribution in [0.15, 0.2) is 18.2 Å². The van der Waals surface area contributed by atoms with Crippen molar-refractivity contribution in [2.24, 2.45) is 5.92 Å². The van der Waals surface area contributed by atoms with E-state index >= 15 is 0 Å². The number of hydrogen-bond donors (Lipinski definition) is 1. The monoisotopic (exact) mass is 295 g/mol. The van der Waals surface area contributed by atoms with Crippen LogP contribution >= 0.6 is 11.6 Å². The third-order valence-corrected chi connectivity index (χ3v) is 5.33. The molecule has 2 fully saturated rings. The zero-order chi connectivity index (χ0) is 14.3. The van der Waals surface area contributed by atoms with Gasteiger partial charge in [-0.05, 0) is 56.8 Å². The van der Waals surface area contributed by atoms with Crippen molar-refractivity contribution in [3.63, 3.8) is 0 Å². The number of benzene rings is 1. The molecule has 4 heteroatoms. The molecular formula is C16H22ClNO2. The Labute approximate surface area is 125 Å². The molecule has 2 aliphatic rings. The summed E-state index contributed by atoms with van der Waals surface area (Å²) in [4.78, 5) is 2.48. The molecule has 2 saturated heterocycles. The molecule has 2 bridgehead atoms. The third kappa shape index (κ3) is 2.43. The predicted molar refractivity (Wildman–Crippen MR) is 80.3 cm³/mol. The molecule has 0 amide bonds. The van der Waals surface area contributed by atoms with Gasteiger partial charge in [0.2, 0.25) is 0 Å². The number of rotatable bonds is 3. The molecule has 2 heterocycles. The summed E-state index contributed by atoms with van der Waals surface area (Å²) >= 11 is 6.07. The third-order valence-electron chi connectivity index (χ3n) is 5.09. The SMILES string of the molecule is COc1ccc(Cl)cc1C(O)C1CC2CCC(C1)N2C. The van der Waals surface area contributed by atoms with E-state index in [2.05, 4.69) is 11.9 Å². The molecule has 0 saturated carbocycles. The molecule has 1 aromatic carbocycles. The molecule has 3 atom stereocenters. The van der Waals surface area contributed by atoms with E-state index in [-0.39, 0.29) is 0 Å². The minimum absolute atomic E-state index is 0.302. The van der Waals surface area contributed by atoms with Crippen molar-refractivity contribution in [1.82, 2.24) is 4.90 Å². The lowest BCUT2D eigenvalue weighted by Gasteiger charge is -2.38. The van der Waals surface area contributed by atoms with E-state index in [9.17, 15) is 5.11 Å². The summed E-state index contributed by atoms with van der Waals surface area (Å²) in [5.41, 5.74) is 0.828. The quantitative estimate of drug-likeness (QED) is 0.929. The summed E-state index contributed by atoms with van der Waals surface area (Å²) in [6.07, 6.45) is 4.15. The first-order valence-corrected chi connectivity index (χ1v) is 7.71. The molecule has 2 aliphatic heterocycles. The Morgan fingerprint density at radius 3 is 2.55 bits per heavy atom. The van der Waals surface area contributed by atoms with Gasteiger partial charge in [-0.1, -0.05) is 11.6 Å². The van der Waals surface area contributed by atoms with Crippen LogP contribution in [0.3, 0.4) is 0 Å². The van der Waals surface area contributed by atoms with Crippen LogP contribution in [-0.4, -0.2) is 36.2 Å². The van der Waals surface area contributed by atoms with Gasteiger partial charge in [-0.3, -0.25) is 0 Å². The molecule has 0 aliphatic carbocycles. The molecule has 3 unspecified atom stereocenters. The first-order valence-electron chi connectivity index (χ1n) is 7.33. The maximum atomic E-state index is 10.8. The van der Waals surface area contributed by atoms with Crippen molar-refractivity contribution in [2.75, 3.05) is 14.2 Å². The maximum absolute atomic E-state index is 10.8. The smallest absolute Gasteiger partial charge is 0.124 e. The Kier molecular flexibility index (Phi) is 3.93. The number of fused-ring (bicyclic) bond motifs is 2. The Balaban J connectivity index is 1.83. The summed E-state index contributed by atoms with van der Waals surface area (Å²) < 4.78 is 5.37. The molecule has 110 valence electrons. The normalized spacial score (nSPS) is 31.3. The van der Waals surface area contributed by atoms with Gasteiger partial charge in [-0.15, -0.1) is 0 Å². The van der Waals surface area contributed by atoms with Crippen LogP contribution in [0, 0.1) is 5.92 Å². The number of aliphatic hydroxyl groups excluding tert-OH is 1.